The molecule has 0 fully saturated rings. The first-order valence-electron chi connectivity index (χ1n) is 5.14. The molecule has 0 aromatic heterocycles. The van der Waals surface area contributed by atoms with E-state index < -0.39 is 6.03 Å². The number of nitrogens with one attached hydrogen (secondary N) is 1. The highest BCUT2D eigenvalue weighted by Gasteiger charge is 2.10. The van der Waals surface area contributed by atoms with Crippen LogP contribution in [0.1, 0.15) is 19.4 Å². The van der Waals surface area contributed by atoms with Crippen molar-refractivity contribution in [1.82, 2.24) is 5.43 Å². The summed E-state index contributed by atoms with van der Waals surface area (Å²) in [5, 5.41) is 4.35. The van der Waals surface area contributed by atoms with E-state index in [0.29, 0.717) is 21.4 Å². The number of hydrogen-bond acceptors (Lipinski definition) is 3. The zero-order chi connectivity index (χ0) is 13.7. The van der Waals surface area contributed by atoms with Crippen LogP contribution in [-0.4, -0.2) is 18.3 Å². The number of amides is 2. The molecule has 5 nitrogen and oxygen atoms in total. The molecule has 0 radical (unpaired) electrons. The molecule has 18 heavy (non-hydrogen) atoms. The molecule has 98 valence electrons. The van der Waals surface area contributed by atoms with Gasteiger partial charge >= 0.3 is 6.03 Å². The summed E-state index contributed by atoms with van der Waals surface area (Å²) in [4.78, 5) is 10.4. The van der Waals surface area contributed by atoms with Gasteiger partial charge in [-0.2, -0.15) is 5.10 Å². The molecule has 0 heterocycles. The fraction of sp³-hybridized carbons (Fsp3) is 0.273. The molecular formula is C11H13Cl2N3O2. The maximum Gasteiger partial charge on any atom is 0.332 e. The molecule has 0 spiro atoms. The summed E-state index contributed by atoms with van der Waals surface area (Å²) < 4.78 is 5.48. The van der Waals surface area contributed by atoms with E-state index in [2.05, 4.69) is 10.5 Å². The molecule has 7 heteroatoms. The maximum absolute atomic E-state index is 10.4. The standard InChI is InChI=1S/C11H13Cl2N3O2/c1-6(2)18-10-8(12)3-7(4-9(10)13)5-15-16-11(14)17/h3-6H,1-2H3,(H3,14,16,17). The molecule has 1 aromatic rings. The lowest BCUT2D eigenvalue weighted by Crippen LogP contribution is -2.24. The van der Waals surface area contributed by atoms with Crippen LogP contribution in [0.5, 0.6) is 5.75 Å². The Balaban J connectivity index is 2.92. The molecular weight excluding hydrogens is 277 g/mol. The van der Waals surface area contributed by atoms with Crippen LogP contribution in [0.3, 0.4) is 0 Å². The third-order valence-electron chi connectivity index (χ3n) is 1.76. The second-order valence-electron chi connectivity index (χ2n) is 3.71. The van der Waals surface area contributed by atoms with Gasteiger partial charge in [0.2, 0.25) is 0 Å². The van der Waals surface area contributed by atoms with Crippen LogP contribution in [0.2, 0.25) is 10.0 Å². The first-order valence-corrected chi connectivity index (χ1v) is 5.90. The number of urea groups is 1. The number of nitrogens with two attached hydrogens (primary N) is 1. The fourth-order valence-corrected chi connectivity index (χ4v) is 1.77. The van der Waals surface area contributed by atoms with Gasteiger partial charge in [0, 0.05) is 0 Å². The smallest absolute Gasteiger partial charge is 0.332 e. The molecule has 1 aromatic carbocycles. The zero-order valence-electron chi connectivity index (χ0n) is 9.91. The predicted octanol–water partition coefficient (Wildman–Crippen LogP) is 2.78. The lowest BCUT2D eigenvalue weighted by atomic mass is 10.2. The molecule has 0 aliphatic rings. The van der Waals surface area contributed by atoms with Crippen LogP contribution in [0.4, 0.5) is 4.79 Å². The zero-order valence-corrected chi connectivity index (χ0v) is 11.4. The van der Waals surface area contributed by atoms with Crippen LogP contribution >= 0.6 is 23.2 Å². The Morgan fingerprint density at radius 1 is 1.44 bits per heavy atom. The third kappa shape index (κ3) is 4.43. The summed E-state index contributed by atoms with van der Waals surface area (Å²) in [6.45, 7) is 3.75. The van der Waals surface area contributed by atoms with Crippen LogP contribution in [0.25, 0.3) is 0 Å². The SMILES string of the molecule is CC(C)Oc1c(Cl)cc(C=NNC(N)=O)cc1Cl. The third-order valence-corrected chi connectivity index (χ3v) is 2.32. The van der Waals surface area contributed by atoms with Gasteiger partial charge in [-0.3, -0.25) is 0 Å². The Morgan fingerprint density at radius 2 is 2.00 bits per heavy atom. The number of benzene rings is 1. The molecule has 1 rings (SSSR count). The summed E-state index contributed by atoms with van der Waals surface area (Å²) in [6.07, 6.45) is 1.35. The summed E-state index contributed by atoms with van der Waals surface area (Å²) in [5.41, 5.74) is 7.55. The molecule has 0 bridgehead atoms. The summed E-state index contributed by atoms with van der Waals surface area (Å²) in [5.74, 6) is 0.424. The van der Waals surface area contributed by atoms with E-state index in [4.69, 9.17) is 33.7 Å². The monoisotopic (exact) mass is 289 g/mol. The van der Waals surface area contributed by atoms with Crippen molar-refractivity contribution in [1.29, 1.82) is 0 Å². The van der Waals surface area contributed by atoms with E-state index in [0.717, 1.165) is 0 Å². The fourth-order valence-electron chi connectivity index (χ4n) is 1.17. The summed E-state index contributed by atoms with van der Waals surface area (Å²) in [6, 6.07) is 2.50. The van der Waals surface area contributed by atoms with Crippen molar-refractivity contribution >= 4 is 35.4 Å². The van der Waals surface area contributed by atoms with Crippen LogP contribution < -0.4 is 15.9 Å². The largest absolute Gasteiger partial charge is 0.488 e. The topological polar surface area (TPSA) is 76.7 Å². The van der Waals surface area contributed by atoms with E-state index in [1.807, 2.05) is 13.8 Å². The number of halogens is 2. The van der Waals surface area contributed by atoms with Crippen molar-refractivity contribution in [3.05, 3.63) is 27.7 Å². The van der Waals surface area contributed by atoms with Crippen LogP contribution in [0.15, 0.2) is 17.2 Å². The van der Waals surface area contributed by atoms with Gasteiger partial charge in [0.1, 0.15) is 0 Å². The van der Waals surface area contributed by atoms with Gasteiger partial charge < -0.3 is 10.5 Å². The van der Waals surface area contributed by atoms with E-state index in [1.54, 1.807) is 12.1 Å². The first kappa shape index (κ1) is 14.6. The number of hydrogen-bond donors (Lipinski definition) is 2. The van der Waals surface area contributed by atoms with E-state index in [1.165, 1.54) is 6.21 Å². The van der Waals surface area contributed by atoms with Crippen molar-refractivity contribution in [2.24, 2.45) is 10.8 Å². The lowest BCUT2D eigenvalue weighted by molar-refractivity contribution is 0.242. The van der Waals surface area contributed by atoms with Crippen molar-refractivity contribution in [3.63, 3.8) is 0 Å². The van der Waals surface area contributed by atoms with Gasteiger partial charge in [0.25, 0.3) is 0 Å². The maximum atomic E-state index is 10.4. The number of rotatable bonds is 4. The van der Waals surface area contributed by atoms with E-state index in [9.17, 15) is 4.79 Å². The highest BCUT2D eigenvalue weighted by Crippen LogP contribution is 2.34. The van der Waals surface area contributed by atoms with Crippen LogP contribution in [0, 0.1) is 0 Å². The second-order valence-corrected chi connectivity index (χ2v) is 4.53. The summed E-state index contributed by atoms with van der Waals surface area (Å²) >= 11 is 12.1. The Morgan fingerprint density at radius 3 is 2.44 bits per heavy atom. The Labute approximate surface area is 115 Å². The number of primary amides is 1. The number of carbonyl (C=O) groups excluding carboxylic acids is 1. The number of nitrogens with zero attached hydrogens (tertiary/aromatic N) is 1. The second kappa shape index (κ2) is 6.47. The highest BCUT2D eigenvalue weighted by atomic mass is 35.5. The first-order chi connectivity index (χ1) is 8.40. The average Bonchev–Trinajstić information content (AvgIpc) is 2.22. The van der Waals surface area contributed by atoms with Crippen molar-refractivity contribution in [2.75, 3.05) is 0 Å². The minimum atomic E-state index is -0.747. The summed E-state index contributed by atoms with van der Waals surface area (Å²) in [7, 11) is 0. The van der Waals surface area contributed by atoms with Gasteiger partial charge in [-0.25, -0.2) is 10.2 Å². The van der Waals surface area contributed by atoms with Gasteiger partial charge in [-0.15, -0.1) is 0 Å². The van der Waals surface area contributed by atoms with Crippen molar-refractivity contribution < 1.29 is 9.53 Å². The number of ether oxygens (including phenoxy) is 1. The minimum absolute atomic E-state index is 0.0314. The predicted molar refractivity (Wildman–Crippen MR) is 72.5 cm³/mol. The van der Waals surface area contributed by atoms with Crippen LogP contribution in [-0.2, 0) is 0 Å². The van der Waals surface area contributed by atoms with Crippen molar-refractivity contribution in [3.8, 4) is 5.75 Å². The Kier molecular flexibility index (Phi) is 5.25. The van der Waals surface area contributed by atoms with Crippen molar-refractivity contribution in [2.45, 2.75) is 20.0 Å². The molecule has 0 saturated heterocycles. The normalized spacial score (nSPS) is 10.9. The van der Waals surface area contributed by atoms with Gasteiger partial charge in [-0.1, -0.05) is 23.2 Å². The number of carbonyl (C=O) groups is 1. The lowest BCUT2D eigenvalue weighted by Gasteiger charge is -2.13. The highest BCUT2D eigenvalue weighted by molar-refractivity contribution is 6.37. The van der Waals surface area contributed by atoms with E-state index >= 15 is 0 Å². The minimum Gasteiger partial charge on any atom is -0.488 e. The van der Waals surface area contributed by atoms with Gasteiger partial charge in [0.05, 0.1) is 22.4 Å². The van der Waals surface area contributed by atoms with E-state index in [-0.39, 0.29) is 6.10 Å². The molecule has 0 saturated carbocycles. The Hall–Kier alpha value is -1.46. The van der Waals surface area contributed by atoms with Gasteiger partial charge in [-0.05, 0) is 31.5 Å². The molecule has 0 atom stereocenters. The molecule has 0 unspecified atom stereocenters. The molecule has 2 amide bonds. The molecule has 0 aliphatic carbocycles. The average molecular weight is 290 g/mol. The Bertz CT molecular complexity index is 452. The molecule has 3 N–H and O–H groups in total. The molecule has 0 aliphatic heterocycles. The quantitative estimate of drug-likeness (QED) is 0.660. The number of hydrazone groups is 1. The van der Waals surface area contributed by atoms with Gasteiger partial charge in [0.15, 0.2) is 5.75 Å².